The summed E-state index contributed by atoms with van der Waals surface area (Å²) in [5.41, 5.74) is -0.630. The van der Waals surface area contributed by atoms with Crippen molar-refractivity contribution in [1.29, 1.82) is 0 Å². The minimum atomic E-state index is -1.08. The maximum absolute atomic E-state index is 12.7. The van der Waals surface area contributed by atoms with Gasteiger partial charge in [-0.1, -0.05) is 12.1 Å². The molecule has 2 heterocycles. The first-order chi connectivity index (χ1) is 12.4. The van der Waals surface area contributed by atoms with Crippen molar-refractivity contribution in [3.05, 3.63) is 50.3 Å². The molecule has 2 aliphatic rings. The number of benzene rings is 1. The van der Waals surface area contributed by atoms with Gasteiger partial charge < -0.3 is 4.74 Å². The van der Waals surface area contributed by atoms with Crippen molar-refractivity contribution in [3.8, 4) is 17.0 Å². The molecule has 1 aromatic carbocycles. The van der Waals surface area contributed by atoms with Crippen molar-refractivity contribution >= 4 is 17.4 Å². The molecule has 0 N–H and O–H groups in total. The molecule has 2 aromatic rings. The molecule has 1 aliphatic heterocycles. The molecule has 9 nitrogen and oxygen atoms in total. The third kappa shape index (κ3) is 2.40. The average Bonchev–Trinajstić information content (AvgIpc) is 3.45. The van der Waals surface area contributed by atoms with Crippen LogP contribution in [0.2, 0.25) is 0 Å². The van der Waals surface area contributed by atoms with Crippen LogP contribution in [0, 0.1) is 16.0 Å². The number of ketones is 1. The van der Waals surface area contributed by atoms with E-state index in [4.69, 9.17) is 4.74 Å². The number of non-ortho nitro benzene ring substituents is 1. The van der Waals surface area contributed by atoms with Gasteiger partial charge in [-0.3, -0.25) is 24.5 Å². The zero-order chi connectivity index (χ0) is 18.6. The van der Waals surface area contributed by atoms with E-state index in [1.54, 1.807) is 6.07 Å². The predicted molar refractivity (Wildman–Crippen MR) is 88.0 cm³/mol. The first kappa shape index (κ1) is 16.1. The Labute approximate surface area is 146 Å². The second-order valence-corrected chi connectivity index (χ2v) is 6.35. The van der Waals surface area contributed by atoms with Crippen LogP contribution in [0.25, 0.3) is 11.3 Å². The number of ether oxygens (including phenoxy) is 1. The Morgan fingerprint density at radius 2 is 2.00 bits per heavy atom. The fourth-order valence-electron chi connectivity index (χ4n) is 2.88. The number of hydrogen-bond acceptors (Lipinski definition) is 7. The number of fused-ring (bicyclic) bond motifs is 1. The number of nitrogens with zero attached hydrogens (tertiary/aromatic N) is 3. The van der Waals surface area contributed by atoms with E-state index >= 15 is 0 Å². The smallest absolute Gasteiger partial charge is 0.322 e. The Bertz CT molecular complexity index is 1040. The number of Topliss-reactive ketones (excluding diaryl/α,β-unsaturated/α-hetero) is 1. The van der Waals surface area contributed by atoms with Crippen molar-refractivity contribution in [3.63, 3.8) is 0 Å². The number of carbonyl (C=O) groups excluding carboxylic acids is 2. The Morgan fingerprint density at radius 3 is 2.65 bits per heavy atom. The predicted octanol–water partition coefficient (Wildman–Crippen LogP) is 1.89. The van der Waals surface area contributed by atoms with Crippen molar-refractivity contribution in [1.82, 2.24) is 9.78 Å². The van der Waals surface area contributed by atoms with E-state index in [1.807, 2.05) is 0 Å². The molecule has 0 saturated heterocycles. The van der Waals surface area contributed by atoms with Crippen LogP contribution in [-0.4, -0.2) is 26.5 Å². The van der Waals surface area contributed by atoms with Crippen LogP contribution < -0.4 is 10.3 Å². The third-order valence-electron chi connectivity index (χ3n) is 4.49. The normalized spacial score (nSPS) is 19.0. The van der Waals surface area contributed by atoms with Gasteiger partial charge in [0, 0.05) is 17.7 Å². The summed E-state index contributed by atoms with van der Waals surface area (Å²) in [5.74, 6) is -2.70. The minimum absolute atomic E-state index is 0.0730. The highest BCUT2D eigenvalue weighted by Crippen LogP contribution is 2.39. The van der Waals surface area contributed by atoms with E-state index in [0.29, 0.717) is 5.56 Å². The van der Waals surface area contributed by atoms with Crippen molar-refractivity contribution in [2.45, 2.75) is 25.8 Å². The third-order valence-corrected chi connectivity index (χ3v) is 4.49. The maximum atomic E-state index is 12.7. The largest absolute Gasteiger partial charge is 0.423 e. The van der Waals surface area contributed by atoms with E-state index in [0.717, 1.165) is 12.8 Å². The molecule has 9 heteroatoms. The van der Waals surface area contributed by atoms with Crippen molar-refractivity contribution in [2.24, 2.45) is 5.92 Å². The molecule has 1 unspecified atom stereocenters. The number of carbonyl (C=O) groups is 2. The maximum Gasteiger partial charge on any atom is 0.322 e. The van der Waals surface area contributed by atoms with Crippen LogP contribution in [0.5, 0.6) is 5.75 Å². The van der Waals surface area contributed by atoms with Gasteiger partial charge in [-0.05, 0) is 19.8 Å². The number of aromatic nitrogens is 2. The highest BCUT2D eigenvalue weighted by Gasteiger charge is 2.40. The summed E-state index contributed by atoms with van der Waals surface area (Å²) in [5, 5.41) is 15.3. The Hall–Kier alpha value is -3.36. The second kappa shape index (κ2) is 5.58. The molecule has 0 bridgehead atoms. The van der Waals surface area contributed by atoms with Gasteiger partial charge in [0.1, 0.15) is 17.2 Å². The van der Waals surface area contributed by atoms with Crippen LogP contribution in [0.15, 0.2) is 29.1 Å². The van der Waals surface area contributed by atoms with Crippen molar-refractivity contribution < 1.29 is 19.2 Å². The summed E-state index contributed by atoms with van der Waals surface area (Å²) in [6.45, 7) is 1.38. The minimum Gasteiger partial charge on any atom is -0.423 e. The summed E-state index contributed by atoms with van der Waals surface area (Å²) < 4.78 is 6.45. The van der Waals surface area contributed by atoms with Crippen LogP contribution in [0.3, 0.4) is 0 Å². The van der Waals surface area contributed by atoms with Gasteiger partial charge in [0.2, 0.25) is 0 Å². The number of esters is 1. The first-order valence-electron chi connectivity index (χ1n) is 8.06. The number of hydrogen-bond donors (Lipinski definition) is 0. The fourth-order valence-corrected chi connectivity index (χ4v) is 2.88. The topological polar surface area (TPSA) is 121 Å². The highest BCUT2D eigenvalue weighted by molar-refractivity contribution is 6.13. The lowest BCUT2D eigenvalue weighted by atomic mass is 9.95. The van der Waals surface area contributed by atoms with E-state index in [1.165, 1.54) is 29.8 Å². The zero-order valence-electron chi connectivity index (χ0n) is 13.7. The molecule has 0 spiro atoms. The summed E-state index contributed by atoms with van der Waals surface area (Å²) in [4.78, 5) is 47.7. The number of nitro benzene ring substituents is 1. The first-order valence-corrected chi connectivity index (χ1v) is 8.06. The van der Waals surface area contributed by atoms with E-state index in [2.05, 4.69) is 5.10 Å². The molecular weight excluding hydrogens is 342 g/mol. The number of nitro groups is 1. The molecule has 0 radical (unpaired) electrons. The monoisotopic (exact) mass is 355 g/mol. The average molecular weight is 355 g/mol. The molecule has 1 saturated carbocycles. The van der Waals surface area contributed by atoms with Gasteiger partial charge in [-0.2, -0.15) is 5.10 Å². The molecule has 1 fully saturated rings. The molecule has 26 heavy (non-hydrogen) atoms. The van der Waals surface area contributed by atoms with Crippen molar-refractivity contribution in [2.75, 3.05) is 0 Å². The summed E-state index contributed by atoms with van der Waals surface area (Å²) in [6, 6.07) is 5.47. The quantitative estimate of drug-likeness (QED) is 0.357. The lowest BCUT2D eigenvalue weighted by molar-refractivity contribution is -0.384. The van der Waals surface area contributed by atoms with E-state index in [-0.39, 0.29) is 28.7 Å². The lowest BCUT2D eigenvalue weighted by Gasteiger charge is -2.22. The standard InChI is InChI=1S/C17H13N3O6/c1-8-14(21)12-15(26-17(8)23)13(18-19(16(12)22)10-5-6-10)9-3-2-4-11(7-9)20(24)25/h2-4,7-8,10H,5-6H2,1H3. The van der Waals surface area contributed by atoms with Gasteiger partial charge in [0.15, 0.2) is 11.5 Å². The molecule has 132 valence electrons. The molecular formula is C17H13N3O6. The molecule has 1 aromatic heterocycles. The fraction of sp³-hybridized carbons (Fsp3) is 0.294. The Kier molecular flexibility index (Phi) is 3.46. The summed E-state index contributed by atoms with van der Waals surface area (Å²) in [7, 11) is 0. The van der Waals surface area contributed by atoms with Gasteiger partial charge in [0.05, 0.1) is 11.0 Å². The lowest BCUT2D eigenvalue weighted by Crippen LogP contribution is -2.39. The van der Waals surface area contributed by atoms with Gasteiger partial charge >= 0.3 is 5.97 Å². The molecule has 1 atom stereocenters. The molecule has 4 rings (SSSR count). The molecule has 1 aliphatic carbocycles. The van der Waals surface area contributed by atoms with Crippen LogP contribution in [0.1, 0.15) is 36.2 Å². The molecule has 0 amide bonds. The zero-order valence-corrected chi connectivity index (χ0v) is 13.7. The van der Waals surface area contributed by atoms with E-state index in [9.17, 15) is 24.5 Å². The second-order valence-electron chi connectivity index (χ2n) is 6.35. The summed E-state index contributed by atoms with van der Waals surface area (Å²) >= 11 is 0. The van der Waals surface area contributed by atoms with Crippen LogP contribution in [0.4, 0.5) is 5.69 Å². The number of rotatable bonds is 3. The van der Waals surface area contributed by atoms with E-state index < -0.39 is 28.2 Å². The van der Waals surface area contributed by atoms with Gasteiger partial charge in [-0.15, -0.1) is 0 Å². The van der Waals surface area contributed by atoms with Crippen LogP contribution >= 0.6 is 0 Å². The van der Waals surface area contributed by atoms with Gasteiger partial charge in [-0.25, -0.2) is 4.68 Å². The summed E-state index contributed by atoms with van der Waals surface area (Å²) in [6.07, 6.45) is 1.51. The Morgan fingerprint density at radius 1 is 1.27 bits per heavy atom. The SMILES string of the molecule is CC1C(=O)Oc2c(-c3cccc([N+](=O)[O-])c3)nn(C3CC3)c(=O)c2C1=O. The van der Waals surface area contributed by atoms with Crippen LogP contribution in [-0.2, 0) is 4.79 Å². The Balaban J connectivity index is 2.01. The highest BCUT2D eigenvalue weighted by atomic mass is 16.6. The van der Waals surface area contributed by atoms with Gasteiger partial charge in [0.25, 0.3) is 11.2 Å².